The highest BCUT2D eigenvalue weighted by atomic mass is 19.1. The third-order valence-electron chi connectivity index (χ3n) is 5.32. The molecule has 0 bridgehead atoms. The summed E-state index contributed by atoms with van der Waals surface area (Å²) in [6.45, 7) is 4.33. The fourth-order valence-corrected chi connectivity index (χ4v) is 3.98. The van der Waals surface area contributed by atoms with Gasteiger partial charge in [0.15, 0.2) is 0 Å². The predicted octanol–water partition coefficient (Wildman–Crippen LogP) is 5.04. The maximum atomic E-state index is 14.0. The van der Waals surface area contributed by atoms with E-state index in [2.05, 4.69) is 46.3 Å². The van der Waals surface area contributed by atoms with Crippen LogP contribution in [0.4, 0.5) is 8.78 Å². The fourth-order valence-electron chi connectivity index (χ4n) is 3.98. The Hall–Kier alpha value is -2.53. The quantitative estimate of drug-likeness (QED) is 0.700. The molecule has 1 aliphatic heterocycles. The summed E-state index contributed by atoms with van der Waals surface area (Å²) < 4.78 is 27.2. The van der Waals surface area contributed by atoms with Gasteiger partial charge in [-0.3, -0.25) is 10.00 Å². The predicted molar refractivity (Wildman–Crippen MR) is 102 cm³/mol. The van der Waals surface area contributed by atoms with Crippen LogP contribution < -0.4 is 0 Å². The van der Waals surface area contributed by atoms with Crippen LogP contribution in [-0.4, -0.2) is 28.2 Å². The second kappa shape index (κ2) is 7.61. The summed E-state index contributed by atoms with van der Waals surface area (Å²) >= 11 is 0. The van der Waals surface area contributed by atoms with Crippen LogP contribution >= 0.6 is 0 Å². The summed E-state index contributed by atoms with van der Waals surface area (Å²) in [5.74, 6) is -0.688. The highest BCUT2D eigenvalue weighted by Gasteiger charge is 2.25. The Kier molecular flexibility index (Phi) is 5.03. The van der Waals surface area contributed by atoms with Crippen LogP contribution in [0.5, 0.6) is 0 Å². The molecule has 27 heavy (non-hydrogen) atoms. The number of nitrogens with one attached hydrogen (secondary N) is 1. The molecule has 1 N–H and O–H groups in total. The lowest BCUT2D eigenvalue weighted by Gasteiger charge is -2.32. The first-order valence-corrected chi connectivity index (χ1v) is 9.37. The topological polar surface area (TPSA) is 31.9 Å². The highest BCUT2D eigenvalue weighted by Crippen LogP contribution is 2.33. The van der Waals surface area contributed by atoms with Crippen molar-refractivity contribution >= 4 is 0 Å². The summed E-state index contributed by atoms with van der Waals surface area (Å²) in [7, 11) is 0. The van der Waals surface area contributed by atoms with Crippen molar-refractivity contribution in [3.63, 3.8) is 0 Å². The molecule has 4 rings (SSSR count). The zero-order valence-corrected chi connectivity index (χ0v) is 15.4. The molecule has 0 saturated carbocycles. The minimum Gasteiger partial charge on any atom is -0.298 e. The van der Waals surface area contributed by atoms with E-state index < -0.39 is 11.6 Å². The second-order valence-corrected chi connectivity index (χ2v) is 7.38. The lowest BCUT2D eigenvalue weighted by atomic mass is 9.90. The van der Waals surface area contributed by atoms with Crippen molar-refractivity contribution in [2.24, 2.45) is 0 Å². The molecule has 3 aromatic rings. The lowest BCUT2D eigenvalue weighted by molar-refractivity contribution is 0.196. The number of rotatable bonds is 4. The number of piperidine rings is 1. The van der Waals surface area contributed by atoms with Gasteiger partial charge in [-0.05, 0) is 37.9 Å². The van der Waals surface area contributed by atoms with Gasteiger partial charge in [0.1, 0.15) is 11.6 Å². The number of nitrogens with zero attached hydrogens (tertiary/aromatic N) is 2. The average molecular weight is 367 g/mol. The molecule has 0 radical (unpaired) electrons. The van der Waals surface area contributed by atoms with Gasteiger partial charge in [0, 0.05) is 41.9 Å². The average Bonchev–Trinajstić information content (AvgIpc) is 3.14. The molecule has 0 unspecified atom stereocenters. The lowest BCUT2D eigenvalue weighted by Crippen LogP contribution is -2.34. The van der Waals surface area contributed by atoms with Crippen molar-refractivity contribution in [1.29, 1.82) is 0 Å². The number of benzene rings is 2. The maximum absolute atomic E-state index is 14.0. The summed E-state index contributed by atoms with van der Waals surface area (Å²) in [5, 5.41) is 7.49. The zero-order chi connectivity index (χ0) is 18.8. The van der Waals surface area contributed by atoms with Gasteiger partial charge in [0.2, 0.25) is 0 Å². The minimum atomic E-state index is -0.534. The van der Waals surface area contributed by atoms with Gasteiger partial charge in [-0.2, -0.15) is 5.10 Å². The van der Waals surface area contributed by atoms with Gasteiger partial charge in [-0.15, -0.1) is 0 Å². The molecule has 140 valence electrons. The molecular formula is C22H23F2N3. The van der Waals surface area contributed by atoms with Crippen LogP contribution in [0, 0.1) is 18.6 Å². The number of likely N-dealkylation sites (tertiary alicyclic amines) is 1. The molecule has 2 aromatic carbocycles. The van der Waals surface area contributed by atoms with Gasteiger partial charge in [0.25, 0.3) is 0 Å². The van der Waals surface area contributed by atoms with E-state index in [1.807, 2.05) is 6.20 Å². The third kappa shape index (κ3) is 3.93. The van der Waals surface area contributed by atoms with Crippen molar-refractivity contribution in [1.82, 2.24) is 15.1 Å². The smallest absolute Gasteiger partial charge is 0.130 e. The Morgan fingerprint density at radius 3 is 2.89 bits per heavy atom. The van der Waals surface area contributed by atoms with Gasteiger partial charge in [-0.25, -0.2) is 8.78 Å². The van der Waals surface area contributed by atoms with Crippen LogP contribution in [-0.2, 0) is 6.54 Å². The maximum Gasteiger partial charge on any atom is 0.130 e. The number of halogens is 2. The molecule has 2 heterocycles. The Bertz CT molecular complexity index is 935. The van der Waals surface area contributed by atoms with Gasteiger partial charge >= 0.3 is 0 Å². The molecular weight excluding hydrogens is 344 g/mol. The van der Waals surface area contributed by atoms with E-state index in [1.54, 1.807) is 6.07 Å². The van der Waals surface area contributed by atoms with Crippen molar-refractivity contribution in [3.05, 3.63) is 77.1 Å². The zero-order valence-electron chi connectivity index (χ0n) is 15.4. The molecule has 0 spiro atoms. The summed E-state index contributed by atoms with van der Waals surface area (Å²) in [4.78, 5) is 2.24. The molecule has 0 amide bonds. The van der Waals surface area contributed by atoms with Crippen LogP contribution in [0.2, 0.25) is 0 Å². The Morgan fingerprint density at radius 1 is 1.19 bits per heavy atom. The largest absolute Gasteiger partial charge is 0.298 e. The van der Waals surface area contributed by atoms with Gasteiger partial charge in [-0.1, -0.05) is 35.9 Å². The minimum absolute atomic E-state index is 0.320. The first-order valence-electron chi connectivity index (χ1n) is 9.37. The molecule has 1 aromatic heterocycles. The third-order valence-corrected chi connectivity index (χ3v) is 5.32. The fraction of sp³-hybridized carbons (Fsp3) is 0.318. The summed E-state index contributed by atoms with van der Waals surface area (Å²) in [6, 6.07) is 12.3. The Labute approximate surface area is 158 Å². The first-order chi connectivity index (χ1) is 13.1. The van der Waals surface area contributed by atoms with Crippen LogP contribution in [0.15, 0.2) is 48.7 Å². The van der Waals surface area contributed by atoms with E-state index in [0.717, 1.165) is 43.3 Å². The molecule has 0 aliphatic carbocycles. The van der Waals surface area contributed by atoms with E-state index in [4.69, 9.17) is 0 Å². The monoisotopic (exact) mass is 367 g/mol. The molecule has 1 aliphatic rings. The second-order valence-electron chi connectivity index (χ2n) is 7.38. The number of aromatic nitrogens is 2. The van der Waals surface area contributed by atoms with Crippen molar-refractivity contribution in [2.75, 3.05) is 13.1 Å². The van der Waals surface area contributed by atoms with E-state index in [0.29, 0.717) is 18.0 Å². The van der Waals surface area contributed by atoms with Crippen LogP contribution in [0.1, 0.15) is 35.6 Å². The van der Waals surface area contributed by atoms with Crippen molar-refractivity contribution in [3.8, 4) is 11.1 Å². The molecule has 1 saturated heterocycles. The highest BCUT2D eigenvalue weighted by molar-refractivity contribution is 5.66. The van der Waals surface area contributed by atoms with Crippen molar-refractivity contribution in [2.45, 2.75) is 32.2 Å². The molecule has 1 atom stereocenters. The summed E-state index contributed by atoms with van der Waals surface area (Å²) in [6.07, 6.45) is 4.01. The number of aryl methyl sites for hydroxylation is 1. The number of aromatic amines is 1. The molecule has 5 heteroatoms. The van der Waals surface area contributed by atoms with Crippen LogP contribution in [0.25, 0.3) is 11.1 Å². The molecule has 3 nitrogen and oxygen atoms in total. The van der Waals surface area contributed by atoms with E-state index in [-0.39, 0.29) is 0 Å². The Balaban J connectivity index is 1.53. The number of hydrogen-bond acceptors (Lipinski definition) is 2. The number of H-pyrrole nitrogens is 1. The van der Waals surface area contributed by atoms with Gasteiger partial charge < -0.3 is 0 Å². The normalized spacial score (nSPS) is 18.0. The van der Waals surface area contributed by atoms with Crippen LogP contribution in [0.3, 0.4) is 0 Å². The first kappa shape index (κ1) is 17.9. The Morgan fingerprint density at radius 2 is 2.07 bits per heavy atom. The standard InChI is InChI=1S/C22H23F2N3/c1-15-4-2-5-16(10-15)20-12-25-26-22(20)18-6-3-9-27(14-18)13-17-7-8-19(23)11-21(17)24/h2,4-5,7-8,10-12,18H,3,6,9,13-14H2,1H3,(H,25,26)/t18-/m1/s1. The van der Waals surface area contributed by atoms with E-state index >= 15 is 0 Å². The van der Waals surface area contributed by atoms with E-state index in [9.17, 15) is 8.78 Å². The van der Waals surface area contributed by atoms with Crippen molar-refractivity contribution < 1.29 is 8.78 Å². The van der Waals surface area contributed by atoms with Gasteiger partial charge in [0.05, 0.1) is 6.20 Å². The number of hydrogen-bond donors (Lipinski definition) is 1. The van der Waals surface area contributed by atoms with E-state index in [1.165, 1.54) is 17.2 Å². The molecule has 1 fully saturated rings. The summed E-state index contributed by atoms with van der Waals surface area (Å²) in [5.41, 5.74) is 5.21. The SMILES string of the molecule is Cc1cccc(-c2cn[nH]c2[C@@H]2CCCN(Cc3ccc(F)cc3F)C2)c1.